The van der Waals surface area contributed by atoms with Gasteiger partial charge in [-0.2, -0.15) is 0 Å². The summed E-state index contributed by atoms with van der Waals surface area (Å²) in [6.07, 6.45) is 0.968. The quantitative estimate of drug-likeness (QED) is 0.720. The number of hydrogen-bond acceptors (Lipinski definition) is 3. The molecule has 2 rings (SSSR count). The summed E-state index contributed by atoms with van der Waals surface area (Å²) in [5, 5.41) is -0.0406. The molecule has 1 fully saturated rings. The van der Waals surface area contributed by atoms with Crippen LogP contribution in [0.15, 0.2) is 35.2 Å². The third kappa shape index (κ3) is 2.53. The van der Waals surface area contributed by atoms with E-state index in [1.165, 1.54) is 0 Å². The number of hydrogen-bond donors (Lipinski definition) is 0. The Balaban J connectivity index is 2.07. The number of carbonyl (C=O) groups is 1. The van der Waals surface area contributed by atoms with Crippen molar-refractivity contribution in [2.24, 2.45) is 5.92 Å². The molecule has 1 aromatic rings. The number of rotatable bonds is 2. The van der Waals surface area contributed by atoms with Gasteiger partial charge in [0.15, 0.2) is 0 Å². The van der Waals surface area contributed by atoms with Gasteiger partial charge in [0, 0.05) is 4.90 Å². The van der Waals surface area contributed by atoms with Crippen molar-refractivity contribution in [1.29, 1.82) is 0 Å². The fourth-order valence-electron chi connectivity index (χ4n) is 1.62. The van der Waals surface area contributed by atoms with E-state index in [0.29, 0.717) is 12.5 Å². The average molecular weight is 222 g/mol. The minimum absolute atomic E-state index is 0.0406. The largest absolute Gasteiger partial charge is 0.465 e. The summed E-state index contributed by atoms with van der Waals surface area (Å²) in [7, 11) is 0. The molecule has 15 heavy (non-hydrogen) atoms. The van der Waals surface area contributed by atoms with Crippen molar-refractivity contribution in [1.82, 2.24) is 0 Å². The summed E-state index contributed by atoms with van der Waals surface area (Å²) in [4.78, 5) is 12.7. The van der Waals surface area contributed by atoms with Gasteiger partial charge in [-0.3, -0.25) is 4.79 Å². The highest BCUT2D eigenvalue weighted by Crippen LogP contribution is 2.32. The molecule has 0 saturated carbocycles. The number of carbonyl (C=O) groups excluding carboxylic acids is 1. The maximum Gasteiger partial charge on any atom is 0.319 e. The van der Waals surface area contributed by atoms with Gasteiger partial charge in [-0.1, -0.05) is 25.1 Å². The second-order valence-corrected chi connectivity index (χ2v) is 5.00. The summed E-state index contributed by atoms with van der Waals surface area (Å²) in [5.41, 5.74) is 0. The van der Waals surface area contributed by atoms with E-state index in [1.54, 1.807) is 11.8 Å². The molecule has 2 nitrogen and oxygen atoms in total. The maximum absolute atomic E-state index is 11.6. The second kappa shape index (κ2) is 4.71. The monoisotopic (exact) mass is 222 g/mol. The van der Waals surface area contributed by atoms with Crippen molar-refractivity contribution in [2.45, 2.75) is 23.5 Å². The Morgan fingerprint density at radius 3 is 2.73 bits per heavy atom. The van der Waals surface area contributed by atoms with E-state index in [4.69, 9.17) is 4.74 Å². The first kappa shape index (κ1) is 10.6. The van der Waals surface area contributed by atoms with E-state index < -0.39 is 0 Å². The van der Waals surface area contributed by atoms with E-state index in [2.05, 4.69) is 6.92 Å². The van der Waals surface area contributed by atoms with Crippen molar-refractivity contribution in [3.05, 3.63) is 30.3 Å². The van der Waals surface area contributed by atoms with Gasteiger partial charge < -0.3 is 4.74 Å². The van der Waals surface area contributed by atoms with Gasteiger partial charge in [0.2, 0.25) is 0 Å². The molecule has 0 bridgehead atoms. The summed E-state index contributed by atoms with van der Waals surface area (Å²) in [5.74, 6) is 0.332. The summed E-state index contributed by atoms with van der Waals surface area (Å²) >= 11 is 1.61. The molecule has 0 radical (unpaired) electrons. The van der Waals surface area contributed by atoms with Crippen molar-refractivity contribution in [3.63, 3.8) is 0 Å². The van der Waals surface area contributed by atoms with Crippen LogP contribution in [0.3, 0.4) is 0 Å². The minimum atomic E-state index is -0.0670. The van der Waals surface area contributed by atoms with Crippen molar-refractivity contribution in [3.8, 4) is 0 Å². The minimum Gasteiger partial charge on any atom is -0.465 e. The lowest BCUT2D eigenvalue weighted by Gasteiger charge is -2.26. The first-order valence-electron chi connectivity index (χ1n) is 5.16. The van der Waals surface area contributed by atoms with Crippen LogP contribution in [-0.2, 0) is 9.53 Å². The van der Waals surface area contributed by atoms with E-state index in [9.17, 15) is 4.79 Å². The highest BCUT2D eigenvalue weighted by Gasteiger charge is 2.31. The second-order valence-electron chi connectivity index (χ2n) is 3.78. The van der Waals surface area contributed by atoms with E-state index >= 15 is 0 Å². The van der Waals surface area contributed by atoms with E-state index in [0.717, 1.165) is 11.3 Å². The zero-order valence-corrected chi connectivity index (χ0v) is 9.50. The van der Waals surface area contributed by atoms with Gasteiger partial charge in [0.25, 0.3) is 0 Å². The first-order chi connectivity index (χ1) is 7.27. The predicted octanol–water partition coefficient (Wildman–Crippen LogP) is 2.73. The van der Waals surface area contributed by atoms with Gasteiger partial charge in [0.05, 0.1) is 6.61 Å². The first-order valence-corrected chi connectivity index (χ1v) is 6.03. The van der Waals surface area contributed by atoms with Crippen LogP contribution in [0.1, 0.15) is 13.3 Å². The Bertz CT molecular complexity index is 337. The molecular weight excluding hydrogens is 208 g/mol. The third-order valence-corrected chi connectivity index (χ3v) is 4.03. The number of ether oxygens (including phenoxy) is 1. The molecule has 1 aliphatic rings. The molecule has 80 valence electrons. The number of esters is 1. The molecule has 1 heterocycles. The zero-order valence-electron chi connectivity index (χ0n) is 8.68. The molecule has 1 saturated heterocycles. The highest BCUT2D eigenvalue weighted by atomic mass is 32.2. The van der Waals surface area contributed by atoms with Gasteiger partial charge >= 0.3 is 5.97 Å². The zero-order chi connectivity index (χ0) is 10.7. The Morgan fingerprint density at radius 2 is 2.07 bits per heavy atom. The van der Waals surface area contributed by atoms with E-state index in [1.807, 2.05) is 30.3 Å². The molecule has 0 amide bonds. The molecule has 0 aromatic heterocycles. The van der Waals surface area contributed by atoms with Crippen LogP contribution in [0.25, 0.3) is 0 Å². The number of cyclic esters (lactones) is 1. The molecule has 0 unspecified atom stereocenters. The lowest BCUT2D eigenvalue weighted by Crippen LogP contribution is -2.33. The lowest BCUT2D eigenvalue weighted by atomic mass is 10.0. The smallest absolute Gasteiger partial charge is 0.319 e. The standard InChI is InChI=1S/C12H14O2S/c1-9-7-8-14-12(13)11(9)15-10-5-3-2-4-6-10/h2-6,9,11H,7-8H2,1H3/t9-,11-/m0/s1. The predicted molar refractivity (Wildman–Crippen MR) is 60.8 cm³/mol. The summed E-state index contributed by atoms with van der Waals surface area (Å²) in [6, 6.07) is 10.0. The molecule has 3 heteroatoms. The van der Waals surface area contributed by atoms with Crippen LogP contribution in [0.2, 0.25) is 0 Å². The van der Waals surface area contributed by atoms with Crippen molar-refractivity contribution >= 4 is 17.7 Å². The highest BCUT2D eigenvalue weighted by molar-refractivity contribution is 8.00. The van der Waals surface area contributed by atoms with Gasteiger partial charge in [0.1, 0.15) is 5.25 Å². The Labute approximate surface area is 94.0 Å². The number of benzene rings is 1. The molecule has 0 aliphatic carbocycles. The Morgan fingerprint density at radius 1 is 1.33 bits per heavy atom. The van der Waals surface area contributed by atoms with Crippen LogP contribution >= 0.6 is 11.8 Å². The van der Waals surface area contributed by atoms with Crippen molar-refractivity contribution < 1.29 is 9.53 Å². The number of thioether (sulfide) groups is 1. The SMILES string of the molecule is C[C@H]1CCOC(=O)[C@H]1Sc1ccccc1. The van der Waals surface area contributed by atoms with Gasteiger partial charge in [-0.05, 0) is 24.5 Å². The van der Waals surface area contributed by atoms with E-state index in [-0.39, 0.29) is 11.2 Å². The molecule has 0 N–H and O–H groups in total. The molecule has 1 aliphatic heterocycles. The Kier molecular flexibility index (Phi) is 3.31. The molecule has 1 aromatic carbocycles. The molecular formula is C12H14O2S. The van der Waals surface area contributed by atoms with Gasteiger partial charge in [-0.25, -0.2) is 0 Å². The van der Waals surface area contributed by atoms with Crippen LogP contribution in [-0.4, -0.2) is 17.8 Å². The lowest BCUT2D eigenvalue weighted by molar-refractivity contribution is -0.147. The van der Waals surface area contributed by atoms with Crippen molar-refractivity contribution in [2.75, 3.05) is 6.61 Å². The maximum atomic E-state index is 11.6. The third-order valence-electron chi connectivity index (χ3n) is 2.57. The van der Waals surface area contributed by atoms with Crippen LogP contribution < -0.4 is 0 Å². The van der Waals surface area contributed by atoms with Crippen LogP contribution in [0.5, 0.6) is 0 Å². The average Bonchev–Trinajstić information content (AvgIpc) is 2.25. The summed E-state index contributed by atoms with van der Waals surface area (Å²) < 4.78 is 5.07. The van der Waals surface area contributed by atoms with Crippen LogP contribution in [0, 0.1) is 5.92 Å². The topological polar surface area (TPSA) is 26.3 Å². The fraction of sp³-hybridized carbons (Fsp3) is 0.417. The Hall–Kier alpha value is -0.960. The fourth-order valence-corrected chi connectivity index (χ4v) is 2.76. The molecule has 0 spiro atoms. The van der Waals surface area contributed by atoms with Crippen LogP contribution in [0.4, 0.5) is 0 Å². The van der Waals surface area contributed by atoms with Gasteiger partial charge in [-0.15, -0.1) is 11.8 Å². The normalized spacial score (nSPS) is 26.1. The molecule has 2 atom stereocenters. The summed E-state index contributed by atoms with van der Waals surface area (Å²) in [6.45, 7) is 2.69.